The lowest BCUT2D eigenvalue weighted by Crippen LogP contribution is -2.48. The quantitative estimate of drug-likeness (QED) is 0.696. The van der Waals surface area contributed by atoms with E-state index < -0.39 is 23.2 Å². The van der Waals surface area contributed by atoms with Crippen molar-refractivity contribution in [3.63, 3.8) is 0 Å². The molecule has 0 rings (SSSR count). The van der Waals surface area contributed by atoms with Gasteiger partial charge >= 0.3 is 5.97 Å². The van der Waals surface area contributed by atoms with Crippen molar-refractivity contribution in [3.8, 4) is 0 Å². The minimum atomic E-state index is -1.16. The summed E-state index contributed by atoms with van der Waals surface area (Å²) in [6.07, 6.45) is 0. The first-order valence-electron chi connectivity index (χ1n) is 5.87. The average molecular weight is 258 g/mol. The third-order valence-electron chi connectivity index (χ3n) is 2.67. The molecule has 1 unspecified atom stereocenters. The summed E-state index contributed by atoms with van der Waals surface area (Å²) in [5.74, 6) is -3.16. The number of carboxylic acid groups (broad SMARTS) is 1. The second-order valence-electron chi connectivity index (χ2n) is 5.16. The maximum Gasteiger partial charge on any atom is 0.316 e. The number of amides is 2. The molecule has 0 saturated carbocycles. The third kappa shape index (κ3) is 4.35. The van der Waals surface area contributed by atoms with E-state index in [2.05, 4.69) is 5.32 Å². The molecule has 6 nitrogen and oxygen atoms in total. The molecular formula is C12H22N2O4. The zero-order valence-electron chi connectivity index (χ0n) is 11.6. The molecule has 18 heavy (non-hydrogen) atoms. The Hall–Kier alpha value is -1.59. The summed E-state index contributed by atoms with van der Waals surface area (Å²) in [6, 6.07) is 0. The van der Waals surface area contributed by atoms with E-state index in [4.69, 9.17) is 5.11 Å². The highest BCUT2D eigenvalue weighted by Gasteiger charge is 2.40. The van der Waals surface area contributed by atoms with Gasteiger partial charge in [-0.2, -0.15) is 0 Å². The van der Waals surface area contributed by atoms with Crippen molar-refractivity contribution in [2.24, 2.45) is 11.3 Å². The van der Waals surface area contributed by atoms with E-state index in [0.29, 0.717) is 6.54 Å². The van der Waals surface area contributed by atoms with Gasteiger partial charge in [0.1, 0.15) is 5.92 Å². The van der Waals surface area contributed by atoms with Crippen molar-refractivity contribution in [3.05, 3.63) is 0 Å². The summed E-state index contributed by atoms with van der Waals surface area (Å²) in [6.45, 7) is 6.96. The van der Waals surface area contributed by atoms with Crippen LogP contribution in [-0.2, 0) is 14.4 Å². The smallest absolute Gasteiger partial charge is 0.316 e. The first kappa shape index (κ1) is 16.4. The lowest BCUT2D eigenvalue weighted by molar-refractivity contribution is -0.157. The second-order valence-corrected chi connectivity index (χ2v) is 5.16. The van der Waals surface area contributed by atoms with Crippen molar-refractivity contribution >= 4 is 17.8 Å². The van der Waals surface area contributed by atoms with Crippen molar-refractivity contribution in [2.45, 2.75) is 27.7 Å². The summed E-state index contributed by atoms with van der Waals surface area (Å²) in [7, 11) is 1.47. The van der Waals surface area contributed by atoms with E-state index in [1.54, 1.807) is 27.7 Å². The van der Waals surface area contributed by atoms with Gasteiger partial charge in [0.15, 0.2) is 0 Å². The van der Waals surface area contributed by atoms with Crippen LogP contribution in [0.3, 0.4) is 0 Å². The summed E-state index contributed by atoms with van der Waals surface area (Å²) >= 11 is 0. The molecule has 2 amide bonds. The lowest BCUT2D eigenvalue weighted by atomic mass is 9.80. The molecule has 0 aliphatic heterocycles. The van der Waals surface area contributed by atoms with Crippen molar-refractivity contribution < 1.29 is 19.5 Å². The molecule has 104 valence electrons. The van der Waals surface area contributed by atoms with Crippen LogP contribution in [-0.4, -0.2) is 47.9 Å². The van der Waals surface area contributed by atoms with Gasteiger partial charge in [-0.3, -0.25) is 14.4 Å². The molecule has 2 N–H and O–H groups in total. The van der Waals surface area contributed by atoms with E-state index in [-0.39, 0.29) is 12.5 Å². The number of nitrogens with zero attached hydrogens (tertiary/aromatic N) is 1. The molecule has 0 aromatic carbocycles. The van der Waals surface area contributed by atoms with Crippen LogP contribution in [0, 0.1) is 11.3 Å². The molecule has 0 saturated heterocycles. The fourth-order valence-corrected chi connectivity index (χ4v) is 1.63. The minimum Gasteiger partial charge on any atom is -0.481 e. The topological polar surface area (TPSA) is 86.7 Å². The Kier molecular flexibility index (Phi) is 5.81. The van der Waals surface area contributed by atoms with Crippen LogP contribution < -0.4 is 5.32 Å². The van der Waals surface area contributed by atoms with E-state index in [1.165, 1.54) is 11.9 Å². The minimum absolute atomic E-state index is 0.119. The number of likely N-dealkylation sites (N-methyl/N-ethyl adjacent to an activating group) is 2. The highest BCUT2D eigenvalue weighted by atomic mass is 16.4. The molecule has 0 fully saturated rings. The summed E-state index contributed by atoms with van der Waals surface area (Å²) in [4.78, 5) is 35.9. The van der Waals surface area contributed by atoms with Gasteiger partial charge in [-0.15, -0.1) is 0 Å². The highest BCUT2D eigenvalue weighted by molar-refractivity contribution is 5.99. The number of hydrogen-bond acceptors (Lipinski definition) is 3. The van der Waals surface area contributed by atoms with Crippen molar-refractivity contribution in [2.75, 3.05) is 20.1 Å². The molecule has 0 radical (unpaired) electrons. The Bertz CT molecular complexity index is 333. The molecule has 6 heteroatoms. The summed E-state index contributed by atoms with van der Waals surface area (Å²) in [5, 5.41) is 11.6. The number of carbonyl (C=O) groups excluding carboxylic acids is 2. The number of aliphatic carboxylic acids is 1. The SMILES string of the molecule is CCN(CC(=O)NC)C(=O)C(C(=O)O)C(C)(C)C. The van der Waals surface area contributed by atoms with E-state index in [1.807, 2.05) is 0 Å². The Balaban J connectivity index is 5.05. The van der Waals surface area contributed by atoms with Gasteiger partial charge in [0, 0.05) is 13.6 Å². The first-order valence-corrected chi connectivity index (χ1v) is 5.87. The number of rotatable bonds is 5. The van der Waals surface area contributed by atoms with Gasteiger partial charge < -0.3 is 15.3 Å². The Morgan fingerprint density at radius 3 is 2.06 bits per heavy atom. The van der Waals surface area contributed by atoms with Crippen LogP contribution >= 0.6 is 0 Å². The van der Waals surface area contributed by atoms with Crippen molar-refractivity contribution in [1.82, 2.24) is 10.2 Å². The first-order chi connectivity index (χ1) is 8.15. The standard InChI is InChI=1S/C12H22N2O4/c1-6-14(7-8(15)13-5)10(16)9(11(17)18)12(2,3)4/h9H,6-7H2,1-5H3,(H,13,15)(H,17,18). The molecule has 0 heterocycles. The zero-order valence-corrected chi connectivity index (χ0v) is 11.6. The number of carboxylic acids is 1. The van der Waals surface area contributed by atoms with Gasteiger partial charge in [-0.1, -0.05) is 20.8 Å². The lowest BCUT2D eigenvalue weighted by Gasteiger charge is -2.31. The number of nitrogens with one attached hydrogen (secondary N) is 1. The van der Waals surface area contributed by atoms with Crippen molar-refractivity contribution in [1.29, 1.82) is 0 Å². The predicted molar refractivity (Wildman–Crippen MR) is 66.9 cm³/mol. The van der Waals surface area contributed by atoms with Crippen LogP contribution in [0.25, 0.3) is 0 Å². The normalized spacial score (nSPS) is 12.7. The largest absolute Gasteiger partial charge is 0.481 e. The molecule has 0 bridgehead atoms. The molecular weight excluding hydrogens is 236 g/mol. The van der Waals surface area contributed by atoms with Crippen LogP contribution in [0.15, 0.2) is 0 Å². The molecule has 0 spiro atoms. The van der Waals surface area contributed by atoms with Gasteiger partial charge in [-0.25, -0.2) is 0 Å². The van der Waals surface area contributed by atoms with Gasteiger partial charge in [0.25, 0.3) is 0 Å². The van der Waals surface area contributed by atoms with Gasteiger partial charge in [0.05, 0.1) is 6.54 Å². The molecule has 1 atom stereocenters. The molecule has 0 aromatic heterocycles. The fourth-order valence-electron chi connectivity index (χ4n) is 1.63. The average Bonchev–Trinajstić information content (AvgIpc) is 2.22. The zero-order chi connectivity index (χ0) is 14.5. The maximum absolute atomic E-state index is 12.2. The molecule has 0 aliphatic carbocycles. The van der Waals surface area contributed by atoms with Crippen LogP contribution in [0.5, 0.6) is 0 Å². The Morgan fingerprint density at radius 2 is 1.78 bits per heavy atom. The van der Waals surface area contributed by atoms with E-state index in [0.717, 1.165) is 0 Å². The third-order valence-corrected chi connectivity index (χ3v) is 2.67. The maximum atomic E-state index is 12.2. The van der Waals surface area contributed by atoms with Crippen LogP contribution in [0.2, 0.25) is 0 Å². The number of hydrogen-bond donors (Lipinski definition) is 2. The Labute approximate surface area is 107 Å². The second kappa shape index (κ2) is 6.37. The van der Waals surface area contributed by atoms with Crippen LogP contribution in [0.4, 0.5) is 0 Å². The summed E-state index contributed by atoms with van der Waals surface area (Å²) < 4.78 is 0. The fraction of sp³-hybridized carbons (Fsp3) is 0.750. The number of carbonyl (C=O) groups is 3. The highest BCUT2D eigenvalue weighted by Crippen LogP contribution is 2.27. The van der Waals surface area contributed by atoms with E-state index in [9.17, 15) is 14.4 Å². The monoisotopic (exact) mass is 258 g/mol. The van der Waals surface area contributed by atoms with Crippen LogP contribution in [0.1, 0.15) is 27.7 Å². The summed E-state index contributed by atoms with van der Waals surface area (Å²) in [5.41, 5.74) is -0.695. The predicted octanol–water partition coefficient (Wildman–Crippen LogP) is 0.328. The van der Waals surface area contributed by atoms with E-state index >= 15 is 0 Å². The Morgan fingerprint density at radius 1 is 1.28 bits per heavy atom. The molecule has 0 aromatic rings. The van der Waals surface area contributed by atoms with Gasteiger partial charge in [-0.05, 0) is 12.3 Å². The van der Waals surface area contributed by atoms with Gasteiger partial charge in [0.2, 0.25) is 11.8 Å². The molecule has 0 aliphatic rings.